The van der Waals surface area contributed by atoms with Crippen molar-refractivity contribution in [3.8, 4) is 11.4 Å². The van der Waals surface area contributed by atoms with Crippen LogP contribution in [0.1, 0.15) is 60.3 Å². The second kappa shape index (κ2) is 8.61. The number of rotatable bonds is 6. The van der Waals surface area contributed by atoms with Gasteiger partial charge in [0.25, 0.3) is 5.91 Å². The maximum Gasteiger partial charge on any atom is 0.416 e. The number of nitrogens with zero attached hydrogens (tertiary/aromatic N) is 3. The van der Waals surface area contributed by atoms with E-state index < -0.39 is 23.5 Å². The minimum absolute atomic E-state index is 0.0169. The summed E-state index contributed by atoms with van der Waals surface area (Å²) < 4.78 is 55.5. The number of aromatic nitrogens is 2. The van der Waals surface area contributed by atoms with Crippen LogP contribution in [0.4, 0.5) is 17.6 Å². The van der Waals surface area contributed by atoms with Crippen LogP contribution < -0.4 is 5.43 Å². The van der Waals surface area contributed by atoms with Crippen LogP contribution >= 0.6 is 0 Å². The molecule has 2 heterocycles. The zero-order valence-electron chi connectivity index (χ0n) is 17.4. The van der Waals surface area contributed by atoms with Gasteiger partial charge in [0, 0.05) is 30.9 Å². The fraction of sp³-hybridized carbons (Fsp3) is 0.545. The summed E-state index contributed by atoms with van der Waals surface area (Å²) in [7, 11) is 0. The Labute approximate surface area is 178 Å². The number of imidazole rings is 1. The molecule has 2 aromatic rings. The number of amides is 1. The highest BCUT2D eigenvalue weighted by molar-refractivity contribution is 5.93. The summed E-state index contributed by atoms with van der Waals surface area (Å²) in [6.45, 7) is 3.75. The molecule has 0 atom stereocenters. The molecule has 0 unspecified atom stereocenters. The van der Waals surface area contributed by atoms with E-state index in [1.165, 1.54) is 0 Å². The first-order valence-electron chi connectivity index (χ1n) is 10.7. The maximum atomic E-state index is 14.1. The molecule has 1 aliphatic carbocycles. The summed E-state index contributed by atoms with van der Waals surface area (Å²) in [5.74, 6) is -0.609. The highest BCUT2D eigenvalue weighted by atomic mass is 19.4. The van der Waals surface area contributed by atoms with Crippen molar-refractivity contribution in [3.05, 3.63) is 41.0 Å². The van der Waals surface area contributed by atoms with E-state index in [-0.39, 0.29) is 17.1 Å². The number of nitrogens with one attached hydrogen (secondary N) is 1. The Morgan fingerprint density at radius 2 is 1.87 bits per heavy atom. The molecule has 0 spiro atoms. The lowest BCUT2D eigenvalue weighted by Crippen LogP contribution is -2.45. The SMILES string of the molecule is Cc1c(C(=O)NN2CCCCC2)nc(-c2cc(F)cc(C(F)(F)F)c2)n1CCC1CC1. The third-order valence-electron chi connectivity index (χ3n) is 5.99. The van der Waals surface area contributed by atoms with Crippen molar-refractivity contribution in [2.24, 2.45) is 5.92 Å². The number of hydrogen-bond donors (Lipinski definition) is 1. The Balaban J connectivity index is 1.69. The van der Waals surface area contributed by atoms with Crippen LogP contribution in [0.15, 0.2) is 18.2 Å². The van der Waals surface area contributed by atoms with Crippen molar-refractivity contribution < 1.29 is 22.4 Å². The topological polar surface area (TPSA) is 50.2 Å². The highest BCUT2D eigenvalue weighted by Gasteiger charge is 2.32. The van der Waals surface area contributed by atoms with Gasteiger partial charge in [-0.25, -0.2) is 14.4 Å². The van der Waals surface area contributed by atoms with Gasteiger partial charge in [0.1, 0.15) is 11.6 Å². The second-order valence-corrected chi connectivity index (χ2v) is 8.47. The van der Waals surface area contributed by atoms with Crippen LogP contribution in [0.5, 0.6) is 0 Å². The molecule has 5 nitrogen and oxygen atoms in total. The van der Waals surface area contributed by atoms with Crippen molar-refractivity contribution >= 4 is 5.91 Å². The highest BCUT2D eigenvalue weighted by Crippen LogP contribution is 2.36. The zero-order valence-corrected chi connectivity index (χ0v) is 17.4. The van der Waals surface area contributed by atoms with Gasteiger partial charge in [0.2, 0.25) is 0 Å². The average molecular weight is 438 g/mol. The molecule has 1 N–H and O–H groups in total. The summed E-state index contributed by atoms with van der Waals surface area (Å²) in [5.41, 5.74) is 2.53. The van der Waals surface area contributed by atoms with E-state index in [1.54, 1.807) is 11.5 Å². The first-order valence-corrected chi connectivity index (χ1v) is 10.7. The van der Waals surface area contributed by atoms with E-state index >= 15 is 0 Å². The molecule has 31 heavy (non-hydrogen) atoms. The standard InChI is InChI=1S/C22H26F4N4O/c1-14-19(21(31)28-29-8-3-2-4-9-29)27-20(30(14)10-7-15-5-6-15)16-11-17(22(24,25)26)13-18(23)12-16/h11-13,15H,2-10H2,1H3,(H,28,31). The molecule has 168 valence electrons. The molecule has 2 fully saturated rings. The van der Waals surface area contributed by atoms with Gasteiger partial charge in [-0.1, -0.05) is 19.3 Å². The Kier molecular flexibility index (Phi) is 6.05. The number of carbonyl (C=O) groups excluding carboxylic acids is 1. The van der Waals surface area contributed by atoms with Crippen molar-refractivity contribution in [3.63, 3.8) is 0 Å². The summed E-state index contributed by atoms with van der Waals surface area (Å²) in [5, 5.41) is 1.85. The van der Waals surface area contributed by atoms with E-state index in [0.717, 1.165) is 63.7 Å². The minimum Gasteiger partial charge on any atom is -0.328 e. The second-order valence-electron chi connectivity index (χ2n) is 8.47. The van der Waals surface area contributed by atoms with Gasteiger partial charge in [-0.15, -0.1) is 0 Å². The van der Waals surface area contributed by atoms with Gasteiger partial charge < -0.3 is 4.57 Å². The van der Waals surface area contributed by atoms with E-state index in [1.807, 2.05) is 5.01 Å². The van der Waals surface area contributed by atoms with E-state index in [4.69, 9.17) is 0 Å². The quantitative estimate of drug-likeness (QED) is 0.650. The van der Waals surface area contributed by atoms with E-state index in [2.05, 4.69) is 10.4 Å². The van der Waals surface area contributed by atoms with Gasteiger partial charge in [-0.05, 0) is 50.3 Å². The van der Waals surface area contributed by atoms with Crippen molar-refractivity contribution in [1.82, 2.24) is 20.0 Å². The lowest BCUT2D eigenvalue weighted by atomic mass is 10.1. The number of halogens is 4. The number of hydrogen-bond acceptors (Lipinski definition) is 3. The fourth-order valence-electron chi connectivity index (χ4n) is 4.05. The van der Waals surface area contributed by atoms with Crippen LogP contribution in [0, 0.1) is 18.7 Å². The lowest BCUT2D eigenvalue weighted by molar-refractivity contribution is -0.137. The van der Waals surface area contributed by atoms with Gasteiger partial charge in [-0.3, -0.25) is 10.2 Å². The normalized spacial score (nSPS) is 17.7. The van der Waals surface area contributed by atoms with Crippen molar-refractivity contribution in [2.75, 3.05) is 13.1 Å². The Morgan fingerprint density at radius 1 is 1.16 bits per heavy atom. The molecular weight excluding hydrogens is 412 g/mol. The smallest absolute Gasteiger partial charge is 0.328 e. The Hall–Kier alpha value is -2.42. The van der Waals surface area contributed by atoms with Crippen LogP contribution in [0.25, 0.3) is 11.4 Å². The minimum atomic E-state index is -4.67. The first kappa shape index (κ1) is 21.8. The molecule has 4 rings (SSSR count). The first-order chi connectivity index (χ1) is 14.7. The van der Waals surface area contributed by atoms with Crippen LogP contribution in [-0.2, 0) is 12.7 Å². The number of benzene rings is 1. The monoisotopic (exact) mass is 438 g/mol. The molecule has 0 radical (unpaired) electrons. The Morgan fingerprint density at radius 3 is 2.52 bits per heavy atom. The molecule has 1 aromatic heterocycles. The van der Waals surface area contributed by atoms with Gasteiger partial charge in [0.15, 0.2) is 5.69 Å². The third-order valence-corrected chi connectivity index (χ3v) is 5.99. The summed E-state index contributed by atoms with van der Waals surface area (Å²) >= 11 is 0. The fourth-order valence-corrected chi connectivity index (χ4v) is 4.05. The molecule has 1 aromatic carbocycles. The molecule has 9 heteroatoms. The van der Waals surface area contributed by atoms with Crippen molar-refractivity contribution in [2.45, 2.75) is 58.2 Å². The molecule has 2 aliphatic rings. The Bertz CT molecular complexity index is 959. The van der Waals surface area contributed by atoms with Gasteiger partial charge in [0.05, 0.1) is 5.56 Å². The number of carbonyl (C=O) groups is 1. The largest absolute Gasteiger partial charge is 0.416 e. The number of piperidine rings is 1. The zero-order chi connectivity index (χ0) is 22.2. The molecule has 0 bridgehead atoms. The lowest BCUT2D eigenvalue weighted by Gasteiger charge is -2.26. The van der Waals surface area contributed by atoms with E-state index in [0.29, 0.717) is 24.2 Å². The number of alkyl halides is 3. The van der Waals surface area contributed by atoms with Gasteiger partial charge >= 0.3 is 6.18 Å². The summed E-state index contributed by atoms with van der Waals surface area (Å²) in [4.78, 5) is 17.3. The maximum absolute atomic E-state index is 14.1. The predicted molar refractivity (Wildman–Crippen MR) is 108 cm³/mol. The molecule has 1 aliphatic heterocycles. The van der Waals surface area contributed by atoms with Crippen molar-refractivity contribution in [1.29, 1.82) is 0 Å². The number of hydrazine groups is 1. The van der Waals surface area contributed by atoms with Crippen LogP contribution in [0.3, 0.4) is 0 Å². The predicted octanol–water partition coefficient (Wildman–Crippen LogP) is 4.95. The third kappa shape index (κ3) is 5.08. The molecule has 1 saturated carbocycles. The van der Waals surface area contributed by atoms with E-state index in [9.17, 15) is 22.4 Å². The molecule has 1 amide bonds. The summed E-state index contributed by atoms with van der Waals surface area (Å²) in [6.07, 6.45) is 1.53. The van der Waals surface area contributed by atoms with Crippen LogP contribution in [-0.4, -0.2) is 33.6 Å². The summed E-state index contributed by atoms with van der Waals surface area (Å²) in [6, 6.07) is 2.40. The average Bonchev–Trinajstić information content (AvgIpc) is 3.48. The molecular formula is C22H26F4N4O. The molecule has 1 saturated heterocycles. The van der Waals surface area contributed by atoms with Crippen LogP contribution in [0.2, 0.25) is 0 Å². The van der Waals surface area contributed by atoms with Gasteiger partial charge in [-0.2, -0.15) is 13.2 Å².